The van der Waals surface area contributed by atoms with Crippen LogP contribution in [0.15, 0.2) is 5.70 Å². The Balaban J connectivity index is 1.97. The highest BCUT2D eigenvalue weighted by Gasteiger charge is 2.64. The lowest BCUT2D eigenvalue weighted by Gasteiger charge is -2.55. The number of thiocarbonyl (C=S) groups is 1. The van der Waals surface area contributed by atoms with E-state index >= 15 is 0 Å². The minimum Gasteiger partial charge on any atom is -0.477 e. The van der Waals surface area contributed by atoms with Crippen molar-refractivity contribution in [3.63, 3.8) is 0 Å². The molecule has 0 aromatic carbocycles. The van der Waals surface area contributed by atoms with Crippen LogP contribution in [0.25, 0.3) is 5.57 Å². The summed E-state index contributed by atoms with van der Waals surface area (Å²) in [5.41, 5.74) is -1.31. The van der Waals surface area contributed by atoms with E-state index in [2.05, 4.69) is 15.5 Å². The third-order valence-corrected chi connectivity index (χ3v) is 6.66. The number of carbonyl (C=O) groups is 4. The van der Waals surface area contributed by atoms with E-state index in [1.165, 1.54) is 30.0 Å². The molecule has 3 rings (SSSR count). The third-order valence-electron chi connectivity index (χ3n) is 4.04. The molecule has 27 heavy (non-hydrogen) atoms. The van der Waals surface area contributed by atoms with Gasteiger partial charge in [-0.25, -0.2) is 4.79 Å². The fraction of sp³-hybridized carbons (Fsp3) is 0.400. The van der Waals surface area contributed by atoms with Gasteiger partial charge in [0.05, 0.1) is 6.42 Å². The highest BCUT2D eigenvalue weighted by molar-refractivity contribution is 8.00. The van der Waals surface area contributed by atoms with Crippen molar-refractivity contribution in [1.82, 2.24) is 20.4 Å². The van der Waals surface area contributed by atoms with Gasteiger partial charge < -0.3 is 10.4 Å². The van der Waals surface area contributed by atoms with Crippen molar-refractivity contribution in [3.8, 4) is 0 Å². The molecule has 142 valence electrons. The Morgan fingerprint density at radius 2 is 2.15 bits per heavy atom. The SMILES string of the molecule is CC(=O)CC(=O)NC1(C=S)C(=O)N2C(C(=O)O)=C(c3nnc(C)s3)CS[C@H]21. The van der Waals surface area contributed by atoms with E-state index < -0.39 is 28.7 Å². The summed E-state index contributed by atoms with van der Waals surface area (Å²) in [5.74, 6) is -2.65. The van der Waals surface area contributed by atoms with Crippen LogP contribution < -0.4 is 5.32 Å². The van der Waals surface area contributed by atoms with Gasteiger partial charge in [0.25, 0.3) is 5.91 Å². The number of amides is 2. The zero-order valence-electron chi connectivity index (χ0n) is 14.2. The minimum absolute atomic E-state index is 0.187. The maximum Gasteiger partial charge on any atom is 0.353 e. The molecule has 0 aliphatic carbocycles. The van der Waals surface area contributed by atoms with Gasteiger partial charge in [-0.15, -0.1) is 22.0 Å². The number of hydrogen-bond donors (Lipinski definition) is 2. The second-order valence-electron chi connectivity index (χ2n) is 6.01. The quantitative estimate of drug-likeness (QED) is 0.377. The maximum atomic E-state index is 12.9. The molecule has 2 aliphatic rings. The lowest BCUT2D eigenvalue weighted by atomic mass is 9.87. The first-order valence-corrected chi connectivity index (χ1v) is 10.0. The van der Waals surface area contributed by atoms with Crippen LogP contribution in [0.2, 0.25) is 0 Å². The molecule has 12 heteroatoms. The summed E-state index contributed by atoms with van der Waals surface area (Å²) >= 11 is 7.48. The van der Waals surface area contributed by atoms with Crippen LogP contribution in [-0.2, 0) is 19.2 Å². The molecule has 2 N–H and O–H groups in total. The summed E-state index contributed by atoms with van der Waals surface area (Å²) < 4.78 is 0. The van der Waals surface area contributed by atoms with Crippen molar-refractivity contribution < 1.29 is 24.3 Å². The van der Waals surface area contributed by atoms with E-state index in [0.717, 1.165) is 10.3 Å². The van der Waals surface area contributed by atoms with Crippen LogP contribution in [0.1, 0.15) is 23.4 Å². The number of rotatable bonds is 6. The second-order valence-corrected chi connectivity index (χ2v) is 8.50. The lowest BCUT2D eigenvalue weighted by Crippen LogP contribution is -2.80. The average Bonchev–Trinajstić information content (AvgIpc) is 3.03. The zero-order valence-corrected chi connectivity index (χ0v) is 16.7. The van der Waals surface area contributed by atoms with Crippen LogP contribution in [0.5, 0.6) is 0 Å². The number of thioether (sulfide) groups is 1. The summed E-state index contributed by atoms with van der Waals surface area (Å²) in [4.78, 5) is 49.0. The Morgan fingerprint density at radius 3 is 2.67 bits per heavy atom. The van der Waals surface area contributed by atoms with Crippen molar-refractivity contribution in [2.45, 2.75) is 31.2 Å². The number of Topliss-reactive ketones (excluding diaryl/α,β-unsaturated/α-hetero) is 1. The number of aromatic nitrogens is 2. The van der Waals surface area contributed by atoms with Crippen LogP contribution >= 0.6 is 35.3 Å². The molecular formula is C15H14N4O5S3. The lowest BCUT2D eigenvalue weighted by molar-refractivity contribution is -0.153. The first-order chi connectivity index (χ1) is 12.7. The number of carboxylic acids is 1. The summed E-state index contributed by atoms with van der Waals surface area (Å²) in [6.07, 6.45) is -0.382. The van der Waals surface area contributed by atoms with Gasteiger partial charge in [-0.3, -0.25) is 19.3 Å². The number of β-lactam (4-membered cyclic amide) rings is 1. The van der Waals surface area contributed by atoms with Crippen molar-refractivity contribution in [3.05, 3.63) is 15.7 Å². The molecule has 2 amide bonds. The van der Waals surface area contributed by atoms with Crippen molar-refractivity contribution in [2.75, 3.05) is 5.75 Å². The van der Waals surface area contributed by atoms with Gasteiger partial charge in [0.2, 0.25) is 5.91 Å². The summed E-state index contributed by atoms with van der Waals surface area (Å²) in [7, 11) is 0. The first-order valence-electron chi connectivity index (χ1n) is 7.70. The van der Waals surface area contributed by atoms with Gasteiger partial charge in [0.15, 0.2) is 5.54 Å². The normalized spacial score (nSPS) is 24.1. The number of aliphatic carboxylic acids is 1. The molecule has 0 radical (unpaired) electrons. The van der Waals surface area contributed by atoms with E-state index in [9.17, 15) is 24.3 Å². The van der Waals surface area contributed by atoms with Crippen LogP contribution in [0.4, 0.5) is 0 Å². The number of fused-ring (bicyclic) bond motifs is 1. The molecule has 1 unspecified atom stereocenters. The number of hydrogen-bond acceptors (Lipinski definition) is 9. The molecular weight excluding hydrogens is 412 g/mol. The predicted octanol–water partition coefficient (Wildman–Crippen LogP) is 0.391. The van der Waals surface area contributed by atoms with Gasteiger partial charge >= 0.3 is 5.97 Å². The zero-order chi connectivity index (χ0) is 19.9. The molecule has 9 nitrogen and oxygen atoms in total. The van der Waals surface area contributed by atoms with Gasteiger partial charge in [0.1, 0.15) is 26.9 Å². The van der Waals surface area contributed by atoms with Crippen molar-refractivity contribution in [2.24, 2.45) is 0 Å². The molecule has 0 saturated carbocycles. The summed E-state index contributed by atoms with van der Waals surface area (Å²) in [6, 6.07) is 0. The number of aryl methyl sites for hydroxylation is 1. The largest absolute Gasteiger partial charge is 0.477 e. The number of nitrogens with zero attached hydrogens (tertiary/aromatic N) is 3. The molecule has 1 fully saturated rings. The minimum atomic E-state index is -1.52. The second kappa shape index (κ2) is 7.09. The Labute approximate surface area is 167 Å². The van der Waals surface area contributed by atoms with E-state index in [1.54, 1.807) is 6.92 Å². The molecule has 1 aromatic rings. The predicted molar refractivity (Wildman–Crippen MR) is 102 cm³/mol. The number of nitrogens with one attached hydrogen (secondary N) is 1. The van der Waals surface area contributed by atoms with E-state index in [1.807, 2.05) is 0 Å². The van der Waals surface area contributed by atoms with Gasteiger partial charge in [-0.2, -0.15) is 0 Å². The smallest absolute Gasteiger partial charge is 0.353 e. The van der Waals surface area contributed by atoms with E-state index in [-0.39, 0.29) is 23.7 Å². The Kier molecular flexibility index (Phi) is 5.14. The molecule has 3 heterocycles. The molecule has 1 aromatic heterocycles. The van der Waals surface area contributed by atoms with Gasteiger partial charge in [-0.05, 0) is 13.8 Å². The molecule has 0 bridgehead atoms. The number of ketones is 1. The van der Waals surface area contributed by atoms with Gasteiger partial charge in [0, 0.05) is 16.7 Å². The standard InChI is InChI=1S/C15H14N4O5S3/c1-6(20)3-9(21)16-15(5-25)13(24)19-10(12(22)23)8(4-26-14(15)19)11-18-17-7(2)27-11/h5,14H,3-4H2,1-2H3,(H,16,21)(H,22,23)/t14-,15?/m0/s1. The highest BCUT2D eigenvalue weighted by atomic mass is 32.2. The van der Waals surface area contributed by atoms with E-state index in [0.29, 0.717) is 15.6 Å². The third kappa shape index (κ3) is 3.17. The van der Waals surface area contributed by atoms with Crippen molar-refractivity contribution in [1.29, 1.82) is 0 Å². The maximum absolute atomic E-state index is 12.9. The fourth-order valence-electron chi connectivity index (χ4n) is 2.92. The van der Waals surface area contributed by atoms with Gasteiger partial charge in [-0.1, -0.05) is 23.6 Å². The molecule has 2 aliphatic heterocycles. The van der Waals surface area contributed by atoms with Crippen LogP contribution in [0, 0.1) is 6.92 Å². The molecule has 1 saturated heterocycles. The Morgan fingerprint density at radius 1 is 1.44 bits per heavy atom. The molecule has 0 spiro atoms. The number of carbonyl (C=O) groups excluding carboxylic acids is 3. The van der Waals surface area contributed by atoms with Crippen LogP contribution in [0.3, 0.4) is 0 Å². The highest BCUT2D eigenvalue weighted by Crippen LogP contribution is 2.48. The topological polar surface area (TPSA) is 130 Å². The van der Waals surface area contributed by atoms with Crippen molar-refractivity contribution >= 4 is 69.8 Å². The number of carboxylic acid groups (broad SMARTS) is 1. The summed E-state index contributed by atoms with van der Waals surface area (Å²) in [6.45, 7) is 3.01. The van der Waals surface area contributed by atoms with E-state index in [4.69, 9.17) is 12.2 Å². The fourth-order valence-corrected chi connectivity index (χ4v) is 5.56. The molecule has 2 atom stereocenters. The summed E-state index contributed by atoms with van der Waals surface area (Å²) in [5, 5.41) is 21.6. The monoisotopic (exact) mass is 426 g/mol. The Hall–Kier alpha value is -2.18. The average molecular weight is 427 g/mol. The Bertz CT molecular complexity index is 911. The van der Waals surface area contributed by atoms with Crippen LogP contribution in [-0.4, -0.2) is 65.8 Å². The first kappa shape index (κ1) is 19.6.